The molecule has 1 aromatic heterocycles. The van der Waals surface area contributed by atoms with Crippen LogP contribution in [0.5, 0.6) is 5.75 Å². The van der Waals surface area contributed by atoms with Crippen molar-refractivity contribution in [3.05, 3.63) is 36.5 Å². The molecule has 3 rings (SSSR count). The second kappa shape index (κ2) is 3.97. The van der Waals surface area contributed by atoms with Crippen LogP contribution in [0.4, 0.5) is 11.5 Å². The third-order valence-electron chi connectivity index (χ3n) is 2.75. The van der Waals surface area contributed by atoms with Gasteiger partial charge in [0.15, 0.2) is 11.6 Å². The average molecular weight is 227 g/mol. The minimum absolute atomic E-state index is 0.680. The summed E-state index contributed by atoms with van der Waals surface area (Å²) in [6, 6.07) is 9.73. The van der Waals surface area contributed by atoms with Crippen molar-refractivity contribution in [1.29, 1.82) is 0 Å². The fraction of sp³-hybridized carbons (Fsp3) is 0.154. The molecular weight excluding hydrogens is 214 g/mol. The number of fused-ring (bicyclic) bond motifs is 1. The van der Waals surface area contributed by atoms with Crippen LogP contribution in [0.25, 0.3) is 11.1 Å². The van der Waals surface area contributed by atoms with Crippen molar-refractivity contribution in [2.24, 2.45) is 0 Å². The van der Waals surface area contributed by atoms with Crippen molar-refractivity contribution in [1.82, 2.24) is 4.98 Å². The van der Waals surface area contributed by atoms with Gasteiger partial charge in [-0.25, -0.2) is 4.98 Å². The molecule has 4 heteroatoms. The SMILES string of the molecule is Nc1ccc(-c2cnc3c(c2)OCCN3)cc1. The zero-order valence-electron chi connectivity index (χ0n) is 9.31. The molecule has 0 radical (unpaired) electrons. The highest BCUT2D eigenvalue weighted by Crippen LogP contribution is 2.30. The Hall–Kier alpha value is -2.23. The number of nitrogens with zero attached hydrogens (tertiary/aromatic N) is 1. The average Bonchev–Trinajstić information content (AvgIpc) is 2.39. The van der Waals surface area contributed by atoms with E-state index < -0.39 is 0 Å². The number of anilines is 2. The van der Waals surface area contributed by atoms with E-state index in [0.717, 1.165) is 34.9 Å². The van der Waals surface area contributed by atoms with Crippen molar-refractivity contribution in [3.63, 3.8) is 0 Å². The first-order valence-corrected chi connectivity index (χ1v) is 5.55. The van der Waals surface area contributed by atoms with Gasteiger partial charge in [-0.15, -0.1) is 0 Å². The van der Waals surface area contributed by atoms with Gasteiger partial charge < -0.3 is 15.8 Å². The molecule has 1 aromatic carbocycles. The Balaban J connectivity index is 2.01. The van der Waals surface area contributed by atoms with E-state index in [-0.39, 0.29) is 0 Å². The monoisotopic (exact) mass is 227 g/mol. The van der Waals surface area contributed by atoms with Crippen LogP contribution >= 0.6 is 0 Å². The molecule has 1 aliphatic rings. The van der Waals surface area contributed by atoms with Crippen molar-refractivity contribution < 1.29 is 4.74 Å². The molecule has 2 heterocycles. The summed E-state index contributed by atoms with van der Waals surface area (Å²) >= 11 is 0. The van der Waals surface area contributed by atoms with E-state index in [1.807, 2.05) is 36.5 Å². The summed E-state index contributed by atoms with van der Waals surface area (Å²) in [7, 11) is 0. The lowest BCUT2D eigenvalue weighted by Crippen LogP contribution is -2.18. The molecule has 17 heavy (non-hydrogen) atoms. The Labute approximate surface area is 99.4 Å². The normalized spacial score (nSPS) is 13.4. The van der Waals surface area contributed by atoms with Gasteiger partial charge >= 0.3 is 0 Å². The number of benzene rings is 1. The van der Waals surface area contributed by atoms with Crippen molar-refractivity contribution in [2.75, 3.05) is 24.2 Å². The molecule has 0 amide bonds. The Morgan fingerprint density at radius 2 is 2.00 bits per heavy atom. The van der Waals surface area contributed by atoms with Crippen LogP contribution in [0.15, 0.2) is 36.5 Å². The molecule has 4 nitrogen and oxygen atoms in total. The first-order valence-electron chi connectivity index (χ1n) is 5.55. The predicted molar refractivity (Wildman–Crippen MR) is 68.1 cm³/mol. The van der Waals surface area contributed by atoms with Gasteiger partial charge in [-0.1, -0.05) is 12.1 Å². The number of ether oxygens (including phenoxy) is 1. The van der Waals surface area contributed by atoms with Gasteiger partial charge in [-0.05, 0) is 23.8 Å². The number of hydrogen-bond acceptors (Lipinski definition) is 4. The summed E-state index contributed by atoms with van der Waals surface area (Å²) in [6.07, 6.45) is 1.84. The second-order valence-electron chi connectivity index (χ2n) is 3.97. The Morgan fingerprint density at radius 3 is 2.82 bits per heavy atom. The van der Waals surface area contributed by atoms with E-state index in [4.69, 9.17) is 10.5 Å². The number of nitrogens with two attached hydrogens (primary N) is 1. The van der Waals surface area contributed by atoms with Gasteiger partial charge in [0.1, 0.15) is 6.61 Å². The van der Waals surface area contributed by atoms with E-state index in [9.17, 15) is 0 Å². The maximum Gasteiger partial charge on any atom is 0.168 e. The molecule has 86 valence electrons. The molecule has 0 saturated heterocycles. The standard InChI is InChI=1S/C13H13N3O/c14-11-3-1-9(2-4-11)10-7-12-13(16-8-10)15-5-6-17-12/h1-4,7-8H,5-6,14H2,(H,15,16). The number of rotatable bonds is 1. The van der Waals surface area contributed by atoms with E-state index in [1.54, 1.807) is 0 Å². The van der Waals surface area contributed by atoms with E-state index in [1.165, 1.54) is 0 Å². The predicted octanol–water partition coefficient (Wildman–Crippen LogP) is 2.14. The van der Waals surface area contributed by atoms with Crippen LogP contribution in [-0.4, -0.2) is 18.1 Å². The largest absolute Gasteiger partial charge is 0.488 e. The van der Waals surface area contributed by atoms with Gasteiger partial charge in [0.25, 0.3) is 0 Å². The summed E-state index contributed by atoms with van der Waals surface area (Å²) in [5.74, 6) is 1.63. The highest BCUT2D eigenvalue weighted by Gasteiger charge is 2.11. The summed E-state index contributed by atoms with van der Waals surface area (Å²) in [5, 5.41) is 3.19. The highest BCUT2D eigenvalue weighted by atomic mass is 16.5. The number of pyridine rings is 1. The number of nitrogen functional groups attached to an aromatic ring is 1. The quantitative estimate of drug-likeness (QED) is 0.733. The van der Waals surface area contributed by atoms with E-state index in [0.29, 0.717) is 6.61 Å². The lowest BCUT2D eigenvalue weighted by molar-refractivity contribution is 0.321. The van der Waals surface area contributed by atoms with E-state index in [2.05, 4.69) is 10.3 Å². The summed E-state index contributed by atoms with van der Waals surface area (Å²) in [4.78, 5) is 4.35. The topological polar surface area (TPSA) is 60.2 Å². The van der Waals surface area contributed by atoms with Crippen LogP contribution < -0.4 is 15.8 Å². The minimum atomic E-state index is 0.680. The summed E-state index contributed by atoms with van der Waals surface area (Å²) in [6.45, 7) is 1.49. The molecule has 0 bridgehead atoms. The maximum atomic E-state index is 5.67. The second-order valence-corrected chi connectivity index (χ2v) is 3.97. The Bertz CT molecular complexity index is 537. The number of nitrogens with one attached hydrogen (secondary N) is 1. The smallest absolute Gasteiger partial charge is 0.168 e. The van der Waals surface area contributed by atoms with Gasteiger partial charge in [0, 0.05) is 17.4 Å². The zero-order chi connectivity index (χ0) is 11.7. The van der Waals surface area contributed by atoms with Crippen LogP contribution in [0, 0.1) is 0 Å². The Morgan fingerprint density at radius 1 is 1.18 bits per heavy atom. The molecule has 0 aliphatic carbocycles. The third kappa shape index (κ3) is 1.89. The molecular formula is C13H13N3O. The molecule has 0 atom stereocenters. The lowest BCUT2D eigenvalue weighted by atomic mass is 10.1. The maximum absolute atomic E-state index is 5.67. The fourth-order valence-electron chi connectivity index (χ4n) is 1.85. The van der Waals surface area contributed by atoms with Gasteiger partial charge in [0.2, 0.25) is 0 Å². The Kier molecular flexibility index (Phi) is 2.33. The highest BCUT2D eigenvalue weighted by molar-refractivity contribution is 5.69. The van der Waals surface area contributed by atoms with Crippen molar-refractivity contribution >= 4 is 11.5 Å². The molecule has 2 aromatic rings. The molecule has 1 aliphatic heterocycles. The molecule has 0 spiro atoms. The van der Waals surface area contributed by atoms with E-state index >= 15 is 0 Å². The first-order chi connectivity index (χ1) is 8.33. The van der Waals surface area contributed by atoms with Crippen LogP contribution in [0.3, 0.4) is 0 Å². The van der Waals surface area contributed by atoms with Crippen molar-refractivity contribution in [3.8, 4) is 16.9 Å². The molecule has 3 N–H and O–H groups in total. The van der Waals surface area contributed by atoms with Gasteiger partial charge in [-0.2, -0.15) is 0 Å². The zero-order valence-corrected chi connectivity index (χ0v) is 9.31. The molecule has 0 fully saturated rings. The number of hydrogen-bond donors (Lipinski definition) is 2. The minimum Gasteiger partial charge on any atom is -0.488 e. The van der Waals surface area contributed by atoms with Gasteiger partial charge in [0.05, 0.1) is 6.54 Å². The third-order valence-corrected chi connectivity index (χ3v) is 2.75. The van der Waals surface area contributed by atoms with Gasteiger partial charge in [-0.3, -0.25) is 0 Å². The van der Waals surface area contributed by atoms with Crippen molar-refractivity contribution in [2.45, 2.75) is 0 Å². The summed E-state index contributed by atoms with van der Waals surface area (Å²) < 4.78 is 5.56. The number of aromatic nitrogens is 1. The van der Waals surface area contributed by atoms with Crippen LogP contribution in [-0.2, 0) is 0 Å². The summed E-state index contributed by atoms with van der Waals surface area (Å²) in [5.41, 5.74) is 8.55. The van der Waals surface area contributed by atoms with Crippen LogP contribution in [0.1, 0.15) is 0 Å². The van der Waals surface area contributed by atoms with Crippen LogP contribution in [0.2, 0.25) is 0 Å². The lowest BCUT2D eigenvalue weighted by Gasteiger charge is -2.18. The first kappa shape index (κ1) is 9.96. The molecule has 0 unspecified atom stereocenters. The fourth-order valence-corrected chi connectivity index (χ4v) is 1.85. The molecule has 0 saturated carbocycles.